The summed E-state index contributed by atoms with van der Waals surface area (Å²) in [5.74, 6) is 0. The van der Waals surface area contributed by atoms with Crippen molar-refractivity contribution in [1.29, 1.82) is 5.26 Å². The van der Waals surface area contributed by atoms with Crippen molar-refractivity contribution in [2.75, 3.05) is 19.0 Å². The molecule has 2 rings (SSSR count). The zero-order valence-corrected chi connectivity index (χ0v) is 12.1. The first-order chi connectivity index (χ1) is 9.43. The molecule has 0 fully saturated rings. The molecule has 1 N–H and O–H groups in total. The van der Waals surface area contributed by atoms with E-state index in [1.54, 1.807) is 0 Å². The van der Waals surface area contributed by atoms with Crippen LogP contribution in [0.5, 0.6) is 0 Å². The van der Waals surface area contributed by atoms with Crippen LogP contribution in [0.15, 0.2) is 29.1 Å². The van der Waals surface area contributed by atoms with Crippen LogP contribution >= 0.6 is 0 Å². The zero-order chi connectivity index (χ0) is 14.9. The molecule has 0 bridgehead atoms. The lowest BCUT2D eigenvalue weighted by molar-refractivity contribution is 1.12. The van der Waals surface area contributed by atoms with Gasteiger partial charge in [0.15, 0.2) is 0 Å². The topological polar surface area (TPSA) is 59.9 Å². The molecule has 0 spiro atoms. The highest BCUT2D eigenvalue weighted by Crippen LogP contribution is 2.28. The van der Waals surface area contributed by atoms with Crippen LogP contribution in [0.2, 0.25) is 0 Å². The van der Waals surface area contributed by atoms with Gasteiger partial charge in [-0.25, -0.2) is 0 Å². The summed E-state index contributed by atoms with van der Waals surface area (Å²) < 4.78 is 0. The fourth-order valence-corrected chi connectivity index (χ4v) is 2.24. The van der Waals surface area contributed by atoms with E-state index in [1.807, 2.05) is 63.2 Å². The number of H-pyrrole nitrogens is 1. The Kier molecular flexibility index (Phi) is 3.62. The first-order valence-electron chi connectivity index (χ1n) is 6.36. The quantitative estimate of drug-likeness (QED) is 0.909. The number of rotatable bonds is 2. The molecular weight excluding hydrogens is 250 g/mol. The number of nitrogens with one attached hydrogen (secondary N) is 1. The third-order valence-electron chi connectivity index (χ3n) is 3.30. The highest BCUT2D eigenvalue weighted by Gasteiger charge is 2.12. The number of nitriles is 1. The van der Waals surface area contributed by atoms with E-state index in [0.717, 1.165) is 22.5 Å². The highest BCUT2D eigenvalue weighted by molar-refractivity contribution is 5.75. The van der Waals surface area contributed by atoms with Gasteiger partial charge in [-0.1, -0.05) is 6.07 Å². The molecule has 0 aliphatic carbocycles. The summed E-state index contributed by atoms with van der Waals surface area (Å²) in [5.41, 5.74) is 4.32. The van der Waals surface area contributed by atoms with Crippen molar-refractivity contribution in [3.8, 4) is 17.2 Å². The largest absolute Gasteiger partial charge is 0.378 e. The molecule has 0 radical (unpaired) electrons. The number of benzene rings is 1. The number of hydrogen-bond donors (Lipinski definition) is 1. The van der Waals surface area contributed by atoms with Crippen molar-refractivity contribution in [2.45, 2.75) is 13.8 Å². The molecule has 4 nitrogen and oxygen atoms in total. The van der Waals surface area contributed by atoms with Crippen molar-refractivity contribution in [3.05, 3.63) is 51.4 Å². The molecule has 0 amide bonds. The molecule has 0 aliphatic rings. The normalized spacial score (nSPS) is 10.2. The van der Waals surface area contributed by atoms with Gasteiger partial charge in [0, 0.05) is 31.0 Å². The molecule has 1 aromatic carbocycles. The van der Waals surface area contributed by atoms with Gasteiger partial charge in [0.1, 0.15) is 11.6 Å². The van der Waals surface area contributed by atoms with Crippen molar-refractivity contribution < 1.29 is 0 Å². The van der Waals surface area contributed by atoms with Gasteiger partial charge in [0.25, 0.3) is 5.56 Å². The first kappa shape index (κ1) is 13.9. The molecule has 1 aromatic heterocycles. The maximum absolute atomic E-state index is 11.9. The van der Waals surface area contributed by atoms with E-state index in [9.17, 15) is 10.1 Å². The maximum Gasteiger partial charge on any atom is 0.266 e. The SMILES string of the molecule is Cc1cc(-c2ccc(N(C)C)cc2C)c(C#N)c(=O)[nH]1. The minimum absolute atomic E-state index is 0.163. The van der Waals surface area contributed by atoms with Crippen LogP contribution in [0.1, 0.15) is 16.8 Å². The lowest BCUT2D eigenvalue weighted by Crippen LogP contribution is -2.13. The number of aromatic nitrogens is 1. The third kappa shape index (κ3) is 2.43. The van der Waals surface area contributed by atoms with Gasteiger partial charge in [-0.2, -0.15) is 5.26 Å². The summed E-state index contributed by atoms with van der Waals surface area (Å²) in [6.07, 6.45) is 0. The molecule has 4 heteroatoms. The Morgan fingerprint density at radius 1 is 1.15 bits per heavy atom. The molecule has 0 atom stereocenters. The number of pyridine rings is 1. The van der Waals surface area contributed by atoms with Gasteiger partial charge in [-0.3, -0.25) is 4.79 Å². The van der Waals surface area contributed by atoms with Gasteiger partial charge in [0.2, 0.25) is 0 Å². The minimum atomic E-state index is -0.335. The Hall–Kier alpha value is -2.54. The van der Waals surface area contributed by atoms with E-state index < -0.39 is 0 Å². The Morgan fingerprint density at radius 3 is 2.40 bits per heavy atom. The second-order valence-corrected chi connectivity index (χ2v) is 5.08. The van der Waals surface area contributed by atoms with Gasteiger partial charge >= 0.3 is 0 Å². The Bertz CT molecular complexity index is 751. The molecule has 102 valence electrons. The second kappa shape index (κ2) is 5.22. The Labute approximate surface area is 118 Å². The fourth-order valence-electron chi connectivity index (χ4n) is 2.24. The van der Waals surface area contributed by atoms with Crippen molar-refractivity contribution >= 4 is 5.69 Å². The van der Waals surface area contributed by atoms with E-state index in [1.165, 1.54) is 0 Å². The molecule has 0 aliphatic heterocycles. The molecule has 0 unspecified atom stereocenters. The van der Waals surface area contributed by atoms with E-state index in [0.29, 0.717) is 5.56 Å². The van der Waals surface area contributed by atoms with Gasteiger partial charge < -0.3 is 9.88 Å². The van der Waals surface area contributed by atoms with Crippen molar-refractivity contribution in [3.63, 3.8) is 0 Å². The van der Waals surface area contributed by atoms with E-state index in [-0.39, 0.29) is 11.1 Å². The highest BCUT2D eigenvalue weighted by atomic mass is 16.1. The van der Waals surface area contributed by atoms with E-state index in [4.69, 9.17) is 0 Å². The summed E-state index contributed by atoms with van der Waals surface area (Å²) in [6.45, 7) is 3.80. The van der Waals surface area contributed by atoms with E-state index >= 15 is 0 Å². The van der Waals surface area contributed by atoms with Crippen LogP contribution < -0.4 is 10.5 Å². The monoisotopic (exact) mass is 267 g/mol. The van der Waals surface area contributed by atoms with Crippen LogP contribution in [-0.4, -0.2) is 19.1 Å². The summed E-state index contributed by atoms with van der Waals surface area (Å²) in [4.78, 5) is 16.5. The van der Waals surface area contributed by atoms with Crippen LogP contribution in [0, 0.1) is 25.2 Å². The molecule has 0 saturated carbocycles. The number of anilines is 1. The second-order valence-electron chi connectivity index (χ2n) is 5.08. The maximum atomic E-state index is 11.9. The Balaban J connectivity index is 2.70. The number of aromatic amines is 1. The predicted octanol–water partition coefficient (Wildman–Crippen LogP) is 2.60. The van der Waals surface area contributed by atoms with Crippen LogP contribution in [0.4, 0.5) is 5.69 Å². The van der Waals surface area contributed by atoms with Crippen LogP contribution in [0.25, 0.3) is 11.1 Å². The first-order valence-corrected chi connectivity index (χ1v) is 6.36. The van der Waals surface area contributed by atoms with Gasteiger partial charge in [0.05, 0.1) is 0 Å². The smallest absolute Gasteiger partial charge is 0.266 e. The van der Waals surface area contributed by atoms with Gasteiger partial charge in [-0.15, -0.1) is 0 Å². The number of aryl methyl sites for hydroxylation is 2. The lowest BCUT2D eigenvalue weighted by Gasteiger charge is -2.15. The molecule has 1 heterocycles. The average molecular weight is 267 g/mol. The summed E-state index contributed by atoms with van der Waals surface area (Å²) in [5, 5.41) is 9.21. The number of nitrogens with zero attached hydrogens (tertiary/aromatic N) is 2. The Morgan fingerprint density at radius 2 is 1.85 bits per heavy atom. The minimum Gasteiger partial charge on any atom is -0.378 e. The third-order valence-corrected chi connectivity index (χ3v) is 3.30. The van der Waals surface area contributed by atoms with Crippen LogP contribution in [-0.2, 0) is 0 Å². The standard InChI is InChI=1S/C16H17N3O/c1-10-7-12(19(3)4)5-6-13(10)14-8-11(2)18-16(20)15(14)9-17/h5-8H,1-4H3,(H,18,20). The van der Waals surface area contributed by atoms with Crippen molar-refractivity contribution in [1.82, 2.24) is 4.98 Å². The molecule has 20 heavy (non-hydrogen) atoms. The molecular formula is C16H17N3O. The van der Waals surface area contributed by atoms with Gasteiger partial charge in [-0.05, 0) is 43.2 Å². The molecule has 2 aromatic rings. The average Bonchev–Trinajstić information content (AvgIpc) is 2.37. The summed E-state index contributed by atoms with van der Waals surface area (Å²) in [6, 6.07) is 9.84. The van der Waals surface area contributed by atoms with Crippen molar-refractivity contribution in [2.24, 2.45) is 0 Å². The fraction of sp³-hybridized carbons (Fsp3) is 0.250. The predicted molar refractivity (Wildman–Crippen MR) is 81.0 cm³/mol. The zero-order valence-electron chi connectivity index (χ0n) is 12.1. The molecule has 0 saturated heterocycles. The summed E-state index contributed by atoms with van der Waals surface area (Å²) in [7, 11) is 3.96. The summed E-state index contributed by atoms with van der Waals surface area (Å²) >= 11 is 0. The van der Waals surface area contributed by atoms with Crippen LogP contribution in [0.3, 0.4) is 0 Å². The lowest BCUT2D eigenvalue weighted by atomic mass is 9.96. The number of hydrogen-bond acceptors (Lipinski definition) is 3. The van der Waals surface area contributed by atoms with E-state index in [2.05, 4.69) is 4.98 Å².